The van der Waals surface area contributed by atoms with E-state index in [0.717, 1.165) is 31.5 Å². The van der Waals surface area contributed by atoms with Crippen LogP contribution in [-0.4, -0.2) is 66.5 Å². The number of unbranched alkanes of at least 4 members (excludes halogenated alkanes) is 6. The second-order valence-electron chi connectivity index (χ2n) is 12.6. The van der Waals surface area contributed by atoms with E-state index in [-0.39, 0.29) is 0 Å². The van der Waals surface area contributed by atoms with E-state index in [1.165, 1.54) is 93.0 Å². The van der Waals surface area contributed by atoms with Crippen molar-refractivity contribution in [2.24, 2.45) is 0 Å². The van der Waals surface area contributed by atoms with E-state index in [9.17, 15) is 0 Å². The van der Waals surface area contributed by atoms with E-state index >= 15 is 0 Å². The maximum atomic E-state index is 2.27. The van der Waals surface area contributed by atoms with Gasteiger partial charge in [0.05, 0.1) is 0 Å². The first-order chi connectivity index (χ1) is 21.1. The highest BCUT2D eigenvalue weighted by Crippen LogP contribution is 2.13. The standard InChI is InChI=1S/C9H20S.C8H18S.C7H16S.C6H14S.C5H12S.C4H10S/c1-4-5-6-7-8-10-9(2)3;1-4-5-6-7-9-8(2)3;1-4-5-6-8-7(2)3;1-4-5-7-6(2)3;1-4-6-5(2)3;1-4(2)5-3/h9H,4-8H2,1-3H3;8H,4-7H2,1-3H3;7H,4-6H2,1-3H3;6H,4-5H2,1-3H3;5H,4H2,1-3H3;4H,1-3H3. The zero-order valence-corrected chi connectivity index (χ0v) is 39.4. The molecule has 0 unspecified atom stereocenters. The van der Waals surface area contributed by atoms with Gasteiger partial charge in [-0.2, -0.15) is 70.6 Å². The quantitative estimate of drug-likeness (QED) is 0.106. The molecule has 0 fully saturated rings. The van der Waals surface area contributed by atoms with Gasteiger partial charge in [-0.25, -0.2) is 0 Å². The Hall–Kier alpha value is 2.10. The van der Waals surface area contributed by atoms with E-state index < -0.39 is 0 Å². The molecule has 0 rings (SSSR count). The van der Waals surface area contributed by atoms with E-state index in [0.29, 0.717) is 0 Å². The van der Waals surface area contributed by atoms with E-state index in [4.69, 9.17) is 0 Å². The molecule has 282 valence electrons. The van der Waals surface area contributed by atoms with Crippen LogP contribution in [0.15, 0.2) is 0 Å². The fraction of sp³-hybridized carbons (Fsp3) is 1.00. The molecule has 0 heterocycles. The molecule has 0 nitrogen and oxygen atoms in total. The number of rotatable bonds is 21. The highest BCUT2D eigenvalue weighted by atomic mass is 32.2. The smallest absolute Gasteiger partial charge is 0.000968 e. The summed E-state index contributed by atoms with van der Waals surface area (Å²) in [4.78, 5) is 0. The molecule has 0 aromatic heterocycles. The Bertz CT molecular complexity index is 426. The molecular formula is C39H90S6. The highest BCUT2D eigenvalue weighted by molar-refractivity contribution is 8.00. The van der Waals surface area contributed by atoms with Gasteiger partial charge in [-0.1, -0.05) is 156 Å². The van der Waals surface area contributed by atoms with Crippen molar-refractivity contribution in [3.63, 3.8) is 0 Å². The van der Waals surface area contributed by atoms with Crippen LogP contribution in [0.2, 0.25) is 0 Å². The minimum atomic E-state index is 0.801. The third-order valence-corrected chi connectivity index (χ3v) is 12.1. The molecule has 0 bridgehead atoms. The molecule has 0 aliphatic rings. The van der Waals surface area contributed by atoms with Crippen molar-refractivity contribution in [1.82, 2.24) is 0 Å². The van der Waals surface area contributed by atoms with Crippen molar-refractivity contribution < 1.29 is 0 Å². The van der Waals surface area contributed by atoms with E-state index in [2.05, 4.69) is 159 Å². The minimum Gasteiger partial charge on any atom is -0.163 e. The molecule has 0 saturated carbocycles. The molecule has 0 spiro atoms. The average Bonchev–Trinajstić information content (AvgIpc) is 2.95. The molecule has 0 radical (unpaired) electrons. The largest absolute Gasteiger partial charge is 0.163 e. The maximum Gasteiger partial charge on any atom is -0.000968 e. The first kappa shape index (κ1) is 59.3. The zero-order chi connectivity index (χ0) is 36.3. The lowest BCUT2D eigenvalue weighted by molar-refractivity contribution is 0.706. The maximum absolute atomic E-state index is 2.27. The van der Waals surface area contributed by atoms with E-state index in [1.54, 1.807) is 0 Å². The van der Waals surface area contributed by atoms with Crippen molar-refractivity contribution in [2.75, 3.05) is 35.0 Å². The summed E-state index contributed by atoms with van der Waals surface area (Å²) in [5.41, 5.74) is 0. The fourth-order valence-electron chi connectivity index (χ4n) is 2.67. The van der Waals surface area contributed by atoms with E-state index in [1.807, 2.05) is 35.3 Å². The molecule has 6 heteroatoms. The Kier molecular flexibility index (Phi) is 73.1. The second kappa shape index (κ2) is 55.5. The Morgan fingerprint density at radius 3 is 0.822 bits per heavy atom. The molecule has 0 aromatic carbocycles. The predicted octanol–water partition coefficient (Wildman–Crippen LogP) is 16.4. The van der Waals surface area contributed by atoms with Crippen LogP contribution < -0.4 is 0 Å². The van der Waals surface area contributed by atoms with Crippen molar-refractivity contribution in [1.29, 1.82) is 0 Å². The highest BCUT2D eigenvalue weighted by Gasteiger charge is 1.94. The van der Waals surface area contributed by atoms with Gasteiger partial charge in [0, 0.05) is 0 Å². The van der Waals surface area contributed by atoms with Gasteiger partial charge in [0.25, 0.3) is 0 Å². The van der Waals surface area contributed by atoms with Crippen molar-refractivity contribution in [3.05, 3.63) is 0 Å². The Morgan fingerprint density at radius 2 is 0.600 bits per heavy atom. The predicted molar refractivity (Wildman–Crippen MR) is 241 cm³/mol. The van der Waals surface area contributed by atoms with Crippen LogP contribution in [0.1, 0.15) is 182 Å². The van der Waals surface area contributed by atoms with Crippen molar-refractivity contribution >= 4 is 70.6 Å². The van der Waals surface area contributed by atoms with Crippen LogP contribution in [0.5, 0.6) is 0 Å². The SMILES string of the molecule is CCCCCCSC(C)C.CCCCCSC(C)C.CCCCSC(C)C.CCCSC(C)C.CCSC(C)C.CSC(C)C. The van der Waals surface area contributed by atoms with Gasteiger partial charge < -0.3 is 0 Å². The Balaban J connectivity index is -0.000000103. The van der Waals surface area contributed by atoms with Gasteiger partial charge in [-0.05, 0) is 92.2 Å². The Morgan fingerprint density at radius 1 is 0.311 bits per heavy atom. The normalized spacial score (nSPS) is 10.4. The third-order valence-electron chi connectivity index (χ3n) is 5.22. The molecule has 0 aromatic rings. The van der Waals surface area contributed by atoms with Crippen LogP contribution in [0.4, 0.5) is 0 Å². The van der Waals surface area contributed by atoms with Gasteiger partial charge in [0.2, 0.25) is 0 Å². The summed E-state index contributed by atoms with van der Waals surface area (Å²) in [6.45, 7) is 38.0. The van der Waals surface area contributed by atoms with Crippen LogP contribution in [0.25, 0.3) is 0 Å². The summed E-state index contributed by atoms with van der Waals surface area (Å²) >= 11 is 12.1. The van der Waals surface area contributed by atoms with Gasteiger partial charge >= 0.3 is 0 Å². The average molecular weight is 752 g/mol. The summed E-state index contributed by atoms with van der Waals surface area (Å²) in [5.74, 6) is 6.62. The monoisotopic (exact) mass is 751 g/mol. The van der Waals surface area contributed by atoms with Crippen LogP contribution >= 0.6 is 70.6 Å². The van der Waals surface area contributed by atoms with Gasteiger partial charge in [0.15, 0.2) is 0 Å². The number of thioether (sulfide) groups is 6. The van der Waals surface area contributed by atoms with Gasteiger partial charge in [-0.3, -0.25) is 0 Å². The summed E-state index contributed by atoms with van der Waals surface area (Å²) in [7, 11) is 0. The molecular weight excluding hydrogens is 661 g/mol. The molecule has 0 atom stereocenters. The first-order valence-electron chi connectivity index (χ1n) is 18.7. The molecule has 0 N–H and O–H groups in total. The van der Waals surface area contributed by atoms with Gasteiger partial charge in [0.1, 0.15) is 0 Å². The lowest BCUT2D eigenvalue weighted by Gasteiger charge is -2.02. The molecule has 0 amide bonds. The Labute approximate surface area is 316 Å². The summed E-state index contributed by atoms with van der Waals surface area (Å²) in [5, 5.41) is 4.90. The van der Waals surface area contributed by atoms with Crippen LogP contribution in [-0.2, 0) is 0 Å². The topological polar surface area (TPSA) is 0 Å². The van der Waals surface area contributed by atoms with Crippen LogP contribution in [0.3, 0.4) is 0 Å². The van der Waals surface area contributed by atoms with Crippen LogP contribution in [0, 0.1) is 0 Å². The molecule has 0 saturated heterocycles. The summed E-state index contributed by atoms with van der Waals surface area (Å²) in [6.07, 6.45) is 15.9. The molecule has 45 heavy (non-hydrogen) atoms. The first-order valence-corrected chi connectivity index (χ1v) is 25.3. The van der Waals surface area contributed by atoms with Gasteiger partial charge in [-0.15, -0.1) is 0 Å². The zero-order valence-electron chi connectivity index (χ0n) is 34.5. The summed E-state index contributed by atoms with van der Waals surface area (Å²) < 4.78 is 0. The summed E-state index contributed by atoms with van der Waals surface area (Å²) in [6, 6.07) is 0. The lowest BCUT2D eigenvalue weighted by Crippen LogP contribution is -1.89. The second-order valence-corrected chi connectivity index (χ2v) is 22.6. The number of hydrogen-bond acceptors (Lipinski definition) is 6. The minimum absolute atomic E-state index is 0.801. The molecule has 0 aliphatic heterocycles. The number of hydrogen-bond donors (Lipinski definition) is 0. The van der Waals surface area contributed by atoms with Crippen molar-refractivity contribution in [2.45, 2.75) is 213 Å². The molecule has 0 aliphatic carbocycles. The fourth-order valence-corrected chi connectivity index (χ4v) is 6.65. The lowest BCUT2D eigenvalue weighted by atomic mass is 10.2. The third kappa shape index (κ3) is 106. The van der Waals surface area contributed by atoms with Crippen molar-refractivity contribution in [3.8, 4) is 0 Å².